The second-order valence-corrected chi connectivity index (χ2v) is 35.0. The summed E-state index contributed by atoms with van der Waals surface area (Å²) in [5, 5.41) is 5.25. The molecule has 0 bridgehead atoms. The van der Waals surface area contributed by atoms with E-state index >= 15 is 0 Å². The molecule has 9 heterocycles. The molecule has 7 aliphatic rings. The van der Waals surface area contributed by atoms with Crippen LogP contribution in [-0.4, -0.2) is 103 Å². The molecule has 105 heavy (non-hydrogen) atoms. The number of hydrogen-bond acceptors (Lipinski definition) is 13. The maximum absolute atomic E-state index is 12.8. The predicted octanol–water partition coefficient (Wildman–Crippen LogP) is 18.6. The molecule has 0 spiro atoms. The number of amides is 2. The molecule has 0 radical (unpaired) electrons. The van der Waals surface area contributed by atoms with Crippen molar-refractivity contribution in [3.8, 4) is 22.5 Å². The Hall–Kier alpha value is -6.91. The molecule has 0 aliphatic carbocycles. The maximum atomic E-state index is 12.8. The van der Waals surface area contributed by atoms with Gasteiger partial charge in [-0.1, -0.05) is 153 Å². The van der Waals surface area contributed by atoms with Gasteiger partial charge in [-0.15, -0.1) is 0 Å². The van der Waals surface area contributed by atoms with Crippen LogP contribution in [0.25, 0.3) is 22.5 Å². The van der Waals surface area contributed by atoms with E-state index < -0.39 is 11.2 Å². The van der Waals surface area contributed by atoms with Crippen molar-refractivity contribution in [2.24, 2.45) is 0 Å². The monoisotopic (exact) mass is 1550 g/mol. The van der Waals surface area contributed by atoms with Gasteiger partial charge in [-0.05, 0) is 241 Å². The van der Waals surface area contributed by atoms with Crippen LogP contribution in [0.15, 0.2) is 167 Å². The van der Waals surface area contributed by atoms with Gasteiger partial charge in [0.2, 0.25) is 0 Å². The van der Waals surface area contributed by atoms with Crippen LogP contribution in [0.2, 0.25) is 4.24 Å². The molecule has 0 saturated carbocycles. The zero-order valence-corrected chi connectivity index (χ0v) is 66.6. The Balaban J connectivity index is 0.000000158. The van der Waals surface area contributed by atoms with Crippen LogP contribution in [0.5, 0.6) is 0 Å². The summed E-state index contributed by atoms with van der Waals surface area (Å²) in [6.45, 7) is 29.2. The SMILES string of the molecule is [2H]N1C(c2ccc(-c3cnc(C4CCCN4C(=O)OC(C)(C)C)[nH]3)cc2)CCC1c1ccc(-c2cnc(C3CCCN3C(=O)OC(C)(C)C)[nH]2)cc1.[2H]N1C(c2ccc(B3OC(C)(C)C(C)(C)O3)cc2)CCC1c1ccc(B2OC(C)(C)C(C)(C)O2)cc1.[2H]N1C(c2ccc(Br)cc2)CCC1c1ccc(Br)cc1. The first-order valence-corrected chi connectivity index (χ1v) is 39.2. The lowest BCUT2D eigenvalue weighted by Crippen LogP contribution is -2.41. The zero-order chi connectivity index (χ0) is 77.0. The first-order chi connectivity index (χ1) is 51.1. The molecule has 5 N–H and O–H groups in total. The third-order valence-electron chi connectivity index (χ3n) is 22.2. The highest BCUT2D eigenvalue weighted by atomic mass is 79.9. The number of rotatable bonds is 12. The number of aromatic amines is 2. The summed E-state index contributed by atoms with van der Waals surface area (Å²) in [6, 6.07) is 50.5. The lowest BCUT2D eigenvalue weighted by Gasteiger charge is -2.32. The second kappa shape index (κ2) is 31.0. The Kier molecular flexibility index (Phi) is 21.3. The van der Waals surface area contributed by atoms with Gasteiger partial charge in [0.05, 0.1) is 58.3 Å². The number of aromatic nitrogens is 4. The lowest BCUT2D eigenvalue weighted by molar-refractivity contribution is 0.00578. The largest absolute Gasteiger partial charge is 0.494 e. The molecular weight excluding hydrogens is 1440 g/mol. The standard InChI is InChI=1S/C40H51N7O4.C28H39B2NO4.C16H15Br2N/c1-39(2,3)50-37(48)46-21-7-9-33(46)35-41-23-31(44-35)27-15-11-25(12-16-27)29-19-20-30(43-29)26-13-17-28(18-14-26)32-24-42-36(45-32)34-10-8-22-47(34)38(49)51-40(4,5)6;1-25(2)26(3,4)33-29(32-25)21-13-9-19(10-14-21)23-17-18-24(31-23)20-11-15-22(16-12-20)30-34-27(5,6)28(7,8)35-30;17-13-5-1-11(2-6-13)15-9-10-16(19-15)12-3-7-14(18)8-4-12/h11-18,23-24,29-30,33-34,43H,7-10,19-22H2,1-6H3,(H,41,44)(H,42,45);9-16,23-24,31H,17-18H2,1-8H3;1-8,15-16,19H,9-10H2/i/hD3. The fourth-order valence-corrected chi connectivity index (χ4v) is 15.4. The van der Waals surface area contributed by atoms with Crippen molar-refractivity contribution < 1.29 is 41.9 Å². The summed E-state index contributed by atoms with van der Waals surface area (Å²) in [5.74, 6) is 1.55. The van der Waals surface area contributed by atoms with Crippen LogP contribution in [0.4, 0.5) is 9.59 Å². The lowest BCUT2D eigenvalue weighted by atomic mass is 9.78. The molecule has 21 heteroatoms. The number of nitrogens with zero attached hydrogens (tertiary/aromatic N) is 4. The Labute approximate surface area is 643 Å². The topological polar surface area (TPSA) is 189 Å². The Morgan fingerprint density at radius 3 is 0.952 bits per heavy atom. The van der Waals surface area contributed by atoms with Crippen LogP contribution in [0.3, 0.4) is 0 Å². The van der Waals surface area contributed by atoms with Crippen molar-refractivity contribution in [1.29, 1.82) is 0 Å². The van der Waals surface area contributed by atoms with Gasteiger partial charge in [0, 0.05) is 58.3 Å². The van der Waals surface area contributed by atoms with Crippen LogP contribution >= 0.6 is 31.9 Å². The third-order valence-corrected chi connectivity index (χ3v) is 23.3. The van der Waals surface area contributed by atoms with Gasteiger partial charge < -0.3 is 54.0 Å². The summed E-state index contributed by atoms with van der Waals surface area (Å²) >= 11 is 6.92. The van der Waals surface area contributed by atoms with E-state index in [0.29, 0.717) is 13.1 Å². The van der Waals surface area contributed by atoms with E-state index in [9.17, 15) is 9.59 Å². The van der Waals surface area contributed by atoms with Crippen molar-refractivity contribution in [3.63, 3.8) is 0 Å². The van der Waals surface area contributed by atoms with Crippen molar-refractivity contribution in [2.45, 2.75) is 243 Å². The van der Waals surface area contributed by atoms with E-state index in [0.717, 1.165) is 140 Å². The van der Waals surface area contributed by atoms with Gasteiger partial charge >= 0.3 is 26.4 Å². The number of nitrogens with one attached hydrogen (secondary N) is 5. The van der Waals surface area contributed by atoms with Crippen molar-refractivity contribution in [1.82, 2.24) is 45.7 Å². The minimum Gasteiger partial charge on any atom is -0.444 e. The van der Waals surface area contributed by atoms with Gasteiger partial charge in [-0.3, -0.25) is 9.80 Å². The molecule has 8 unspecified atom stereocenters. The minimum atomic E-state index is -0.546. The molecule has 15 rings (SSSR count). The van der Waals surface area contributed by atoms with Crippen LogP contribution in [0.1, 0.15) is 255 Å². The molecule has 7 saturated heterocycles. The number of hydrogen-bond donors (Lipinski definition) is 5. The predicted molar refractivity (Wildman–Crippen MR) is 424 cm³/mol. The number of carbonyl (C=O) groups is 2. The van der Waals surface area contributed by atoms with Crippen molar-refractivity contribution in [3.05, 3.63) is 212 Å². The summed E-state index contributed by atoms with van der Waals surface area (Å²) < 4.78 is 64.7. The van der Waals surface area contributed by atoms with Gasteiger partial charge in [0.25, 0.3) is 0 Å². The number of H-pyrrole nitrogens is 2. The first kappa shape index (κ1) is 72.3. The second-order valence-electron chi connectivity index (χ2n) is 33.2. The Morgan fingerprint density at radius 1 is 0.429 bits per heavy atom. The maximum Gasteiger partial charge on any atom is 0.494 e. The molecule has 2 amide bonds. The van der Waals surface area contributed by atoms with E-state index in [1.807, 2.05) is 53.9 Å². The molecule has 8 aromatic rings. The number of imidazole rings is 2. The average Bonchev–Trinajstić information content (AvgIpc) is 1.63. The first-order valence-electron chi connectivity index (χ1n) is 39.0. The number of halogens is 2. The van der Waals surface area contributed by atoms with E-state index in [1.165, 1.54) is 11.1 Å². The van der Waals surface area contributed by atoms with Gasteiger partial charge in [0.15, 0.2) is 0 Å². The van der Waals surface area contributed by atoms with Crippen LogP contribution in [0, 0.1) is 0 Å². The summed E-state index contributed by atoms with van der Waals surface area (Å²) in [4.78, 5) is 45.4. The summed E-state index contributed by atoms with van der Waals surface area (Å²) in [7, 11) is -0.732. The Bertz CT molecular complexity index is 4100. The fraction of sp³-hybridized carbons (Fsp3) is 0.476. The number of likely N-dealkylation sites (tertiary alicyclic amines) is 2. The van der Waals surface area contributed by atoms with Gasteiger partial charge in [-0.25, -0.2) is 19.6 Å². The smallest absolute Gasteiger partial charge is 0.444 e. The Morgan fingerprint density at radius 2 is 0.686 bits per heavy atom. The van der Waals surface area contributed by atoms with Crippen molar-refractivity contribution >= 4 is 69.2 Å². The molecule has 17 nitrogen and oxygen atoms in total. The number of carbonyl (C=O) groups excluding carboxylic acids is 2. The van der Waals surface area contributed by atoms with Crippen LogP contribution in [-0.2, 0) is 28.1 Å². The van der Waals surface area contributed by atoms with Gasteiger partial charge in [0.1, 0.15) is 27.1 Å². The summed E-state index contributed by atoms with van der Waals surface area (Å²) in [6.07, 6.45) is 12.3. The summed E-state index contributed by atoms with van der Waals surface area (Å²) in [5.41, 5.74) is 10.3. The molecule has 8 atom stereocenters. The molecule has 7 aliphatic heterocycles. The van der Waals surface area contributed by atoms with E-state index in [1.54, 1.807) is 25.7 Å². The van der Waals surface area contributed by atoms with Crippen LogP contribution < -0.4 is 26.9 Å². The quantitative estimate of drug-likeness (QED) is 0.0727. The van der Waals surface area contributed by atoms with E-state index in [2.05, 4.69) is 253 Å². The molecular formula is C84H105B2Br2N9O8. The average molecular weight is 1550 g/mol. The molecule has 7 fully saturated rings. The van der Waals surface area contributed by atoms with E-state index in [4.69, 9.17) is 32.3 Å². The fourth-order valence-electron chi connectivity index (χ4n) is 14.9. The molecule has 2 aromatic heterocycles. The van der Waals surface area contributed by atoms with Gasteiger partial charge in [-0.2, -0.15) is 0 Å². The van der Waals surface area contributed by atoms with E-state index in [-0.39, 0.29) is 97.2 Å². The minimum absolute atomic E-state index is 0.00794. The highest BCUT2D eigenvalue weighted by Crippen LogP contribution is 2.43. The molecule has 6 aromatic carbocycles. The third kappa shape index (κ3) is 17.8. The normalized spacial score (nSPS) is 25.5. The highest BCUT2D eigenvalue weighted by Gasteiger charge is 2.53. The number of benzene rings is 6. The van der Waals surface area contributed by atoms with Crippen molar-refractivity contribution in [2.75, 3.05) is 13.1 Å². The number of ether oxygens (including phenoxy) is 2. The highest BCUT2D eigenvalue weighted by molar-refractivity contribution is 9.10. The molecule has 554 valence electrons. The zero-order valence-electron chi connectivity index (χ0n) is 66.4.